The van der Waals surface area contributed by atoms with Crippen LogP contribution in [0.3, 0.4) is 0 Å². The molecule has 1 heterocycles. The van der Waals surface area contributed by atoms with Crippen LogP contribution in [0.1, 0.15) is 26.2 Å². The number of hydrogen-bond acceptors (Lipinski definition) is 5. The zero-order chi connectivity index (χ0) is 15.9. The van der Waals surface area contributed by atoms with Gasteiger partial charge in [-0.1, -0.05) is 18.7 Å². The van der Waals surface area contributed by atoms with E-state index in [-0.39, 0.29) is 4.90 Å². The molecule has 0 saturated heterocycles. The van der Waals surface area contributed by atoms with Crippen LogP contribution in [0, 0.1) is 5.92 Å². The van der Waals surface area contributed by atoms with Crippen molar-refractivity contribution in [3.05, 3.63) is 18.2 Å². The van der Waals surface area contributed by atoms with Crippen molar-refractivity contribution < 1.29 is 12.8 Å². The lowest BCUT2D eigenvalue weighted by molar-refractivity contribution is 0.487. The largest absolute Gasteiger partial charge is 0.431 e. The topological polar surface area (TPSA) is 63.4 Å². The van der Waals surface area contributed by atoms with E-state index in [9.17, 15) is 8.42 Å². The van der Waals surface area contributed by atoms with Crippen LogP contribution < -0.4 is 0 Å². The van der Waals surface area contributed by atoms with E-state index in [0.29, 0.717) is 21.6 Å². The molecule has 0 bridgehead atoms. The van der Waals surface area contributed by atoms with E-state index in [1.807, 2.05) is 0 Å². The van der Waals surface area contributed by atoms with Crippen LogP contribution in [0.4, 0.5) is 0 Å². The van der Waals surface area contributed by atoms with Crippen molar-refractivity contribution in [2.45, 2.75) is 41.6 Å². The fraction of sp³-hybridized carbons (Fsp3) is 0.533. The number of nitrogens with zero attached hydrogens (tertiary/aromatic N) is 2. The van der Waals surface area contributed by atoms with Gasteiger partial charge in [0.25, 0.3) is 5.22 Å². The van der Waals surface area contributed by atoms with Gasteiger partial charge in [-0.3, -0.25) is 0 Å². The second kappa shape index (κ2) is 5.86. The number of sulfonamides is 1. The molecule has 1 aromatic heterocycles. The number of benzene rings is 1. The van der Waals surface area contributed by atoms with Crippen molar-refractivity contribution >= 4 is 32.9 Å². The summed E-state index contributed by atoms with van der Waals surface area (Å²) in [6.45, 7) is 2.27. The Labute approximate surface area is 135 Å². The van der Waals surface area contributed by atoms with Gasteiger partial charge in [0.05, 0.1) is 4.90 Å². The third-order valence-corrected chi connectivity index (χ3v) is 6.98. The van der Waals surface area contributed by atoms with Crippen LogP contribution in [0.15, 0.2) is 32.7 Å². The highest BCUT2D eigenvalue weighted by Gasteiger charge is 2.24. The number of thioether (sulfide) groups is 1. The molecule has 120 valence electrons. The molecule has 2 atom stereocenters. The van der Waals surface area contributed by atoms with Gasteiger partial charge < -0.3 is 4.42 Å². The highest BCUT2D eigenvalue weighted by atomic mass is 32.2. The molecule has 1 aromatic carbocycles. The van der Waals surface area contributed by atoms with Gasteiger partial charge >= 0.3 is 0 Å². The minimum Gasteiger partial charge on any atom is -0.431 e. The maximum atomic E-state index is 12.2. The molecule has 22 heavy (non-hydrogen) atoms. The van der Waals surface area contributed by atoms with Crippen molar-refractivity contribution in [3.8, 4) is 0 Å². The lowest BCUT2D eigenvalue weighted by Gasteiger charge is -2.10. The Morgan fingerprint density at radius 2 is 2.09 bits per heavy atom. The molecule has 0 unspecified atom stereocenters. The van der Waals surface area contributed by atoms with Gasteiger partial charge in [-0.05, 0) is 43.4 Å². The first-order valence-corrected chi connectivity index (χ1v) is 9.68. The number of hydrogen-bond donors (Lipinski definition) is 0. The van der Waals surface area contributed by atoms with Crippen molar-refractivity contribution in [2.24, 2.45) is 5.92 Å². The second-order valence-corrected chi connectivity index (χ2v) is 9.46. The predicted molar refractivity (Wildman–Crippen MR) is 87.5 cm³/mol. The van der Waals surface area contributed by atoms with Crippen LogP contribution in [0.5, 0.6) is 0 Å². The monoisotopic (exact) mass is 340 g/mol. The Morgan fingerprint density at radius 3 is 2.73 bits per heavy atom. The molecule has 0 N–H and O–H groups in total. The number of fused-ring (bicyclic) bond motifs is 1. The fourth-order valence-electron chi connectivity index (χ4n) is 2.71. The molecule has 3 rings (SSSR count). The van der Waals surface area contributed by atoms with E-state index in [1.165, 1.54) is 37.7 Å². The number of oxazole rings is 1. The van der Waals surface area contributed by atoms with E-state index in [4.69, 9.17) is 4.42 Å². The minimum absolute atomic E-state index is 0.240. The Hall–Kier alpha value is -1.05. The zero-order valence-corrected chi connectivity index (χ0v) is 14.6. The molecule has 5 nitrogen and oxygen atoms in total. The standard InChI is InChI=1S/C15H20N2O3S2/c1-10-4-5-11(8-10)21-15-16-13-9-12(6-7-14(13)20-15)22(18,19)17(2)3/h6-7,9-11H,4-5,8H2,1-3H3/t10-,11-/m1/s1. The second-order valence-electron chi connectivity index (χ2n) is 6.05. The van der Waals surface area contributed by atoms with Crippen molar-refractivity contribution in [1.82, 2.24) is 9.29 Å². The first-order chi connectivity index (χ1) is 10.4. The van der Waals surface area contributed by atoms with E-state index < -0.39 is 10.0 Å². The summed E-state index contributed by atoms with van der Waals surface area (Å²) < 4.78 is 31.3. The van der Waals surface area contributed by atoms with Gasteiger partial charge in [0.15, 0.2) is 5.58 Å². The van der Waals surface area contributed by atoms with E-state index in [0.717, 1.165) is 5.92 Å². The SMILES string of the molecule is C[C@@H]1CC[C@@H](Sc2nc3cc(S(=O)(=O)N(C)C)ccc3o2)C1. The third kappa shape index (κ3) is 3.02. The lowest BCUT2D eigenvalue weighted by atomic mass is 10.1. The van der Waals surface area contributed by atoms with Crippen LogP contribution in [-0.4, -0.2) is 37.1 Å². The van der Waals surface area contributed by atoms with E-state index in [2.05, 4.69) is 11.9 Å². The maximum Gasteiger partial charge on any atom is 0.257 e. The van der Waals surface area contributed by atoms with Crippen LogP contribution in [0.25, 0.3) is 11.1 Å². The van der Waals surface area contributed by atoms with Crippen LogP contribution >= 0.6 is 11.8 Å². The number of rotatable bonds is 4. The van der Waals surface area contributed by atoms with E-state index >= 15 is 0 Å². The van der Waals surface area contributed by atoms with Gasteiger partial charge in [0, 0.05) is 19.3 Å². The molecule has 7 heteroatoms. The summed E-state index contributed by atoms with van der Waals surface area (Å²) in [5.74, 6) is 0.763. The van der Waals surface area contributed by atoms with Crippen molar-refractivity contribution in [3.63, 3.8) is 0 Å². The molecular weight excluding hydrogens is 320 g/mol. The Bertz CT molecular complexity index is 783. The quantitative estimate of drug-likeness (QED) is 0.854. The summed E-state index contributed by atoms with van der Waals surface area (Å²) in [7, 11) is -0.406. The first-order valence-electron chi connectivity index (χ1n) is 7.36. The lowest BCUT2D eigenvalue weighted by Crippen LogP contribution is -2.22. The molecular formula is C15H20N2O3S2. The van der Waals surface area contributed by atoms with Crippen LogP contribution in [-0.2, 0) is 10.0 Å². The highest BCUT2D eigenvalue weighted by Crippen LogP contribution is 2.38. The summed E-state index contributed by atoms with van der Waals surface area (Å²) in [6.07, 6.45) is 3.62. The zero-order valence-electron chi connectivity index (χ0n) is 12.9. The maximum absolute atomic E-state index is 12.2. The molecule has 2 aromatic rings. The average molecular weight is 340 g/mol. The van der Waals surface area contributed by atoms with Crippen LogP contribution in [0.2, 0.25) is 0 Å². The van der Waals surface area contributed by atoms with Gasteiger partial charge in [-0.15, -0.1) is 0 Å². The Kier molecular flexibility index (Phi) is 4.22. The van der Waals surface area contributed by atoms with Crippen molar-refractivity contribution in [2.75, 3.05) is 14.1 Å². The summed E-state index contributed by atoms with van der Waals surface area (Å²) in [6, 6.07) is 4.82. The van der Waals surface area contributed by atoms with Gasteiger partial charge in [0.2, 0.25) is 10.0 Å². The summed E-state index contributed by atoms with van der Waals surface area (Å²) in [5, 5.41) is 1.18. The van der Waals surface area contributed by atoms with Gasteiger partial charge in [-0.2, -0.15) is 0 Å². The molecule has 1 aliphatic carbocycles. The Balaban J connectivity index is 1.87. The predicted octanol–water partition coefficient (Wildman–Crippen LogP) is 3.36. The normalized spacial score (nSPS) is 22.7. The van der Waals surface area contributed by atoms with Gasteiger partial charge in [-0.25, -0.2) is 17.7 Å². The van der Waals surface area contributed by atoms with E-state index in [1.54, 1.807) is 30.0 Å². The molecule has 0 aliphatic heterocycles. The van der Waals surface area contributed by atoms with Gasteiger partial charge in [0.1, 0.15) is 5.52 Å². The summed E-state index contributed by atoms with van der Waals surface area (Å²) >= 11 is 1.66. The molecule has 1 aliphatic rings. The smallest absolute Gasteiger partial charge is 0.257 e. The molecule has 0 radical (unpaired) electrons. The van der Waals surface area contributed by atoms with Crippen molar-refractivity contribution in [1.29, 1.82) is 0 Å². The average Bonchev–Trinajstić information content (AvgIpc) is 3.03. The fourth-order valence-corrected chi connectivity index (χ4v) is 4.89. The number of aromatic nitrogens is 1. The molecule has 1 saturated carbocycles. The molecule has 1 fully saturated rings. The highest BCUT2D eigenvalue weighted by molar-refractivity contribution is 7.99. The minimum atomic E-state index is -3.44. The first kappa shape index (κ1) is 15.8. The summed E-state index contributed by atoms with van der Waals surface area (Å²) in [5.41, 5.74) is 1.22. The third-order valence-electron chi connectivity index (χ3n) is 4.03. The molecule has 0 spiro atoms. The molecule has 0 amide bonds. The Morgan fingerprint density at radius 1 is 1.32 bits per heavy atom. The summed E-state index contributed by atoms with van der Waals surface area (Å²) in [4.78, 5) is 4.69.